The number of hydrogen-bond donors (Lipinski definition) is 1. The summed E-state index contributed by atoms with van der Waals surface area (Å²) in [6.07, 6.45) is 1.62. The third-order valence-corrected chi connectivity index (χ3v) is 5.70. The van der Waals surface area contributed by atoms with Crippen LogP contribution in [-0.4, -0.2) is 51.1 Å². The number of carbonyl (C=O) groups is 2. The highest BCUT2D eigenvalue weighted by Crippen LogP contribution is 2.30. The monoisotopic (exact) mass is 449 g/mol. The van der Waals surface area contributed by atoms with Crippen LogP contribution in [0.2, 0.25) is 0 Å². The van der Waals surface area contributed by atoms with E-state index in [1.54, 1.807) is 13.8 Å². The highest BCUT2D eigenvalue weighted by Gasteiger charge is 2.30. The number of rotatable bonds is 10. The van der Waals surface area contributed by atoms with Gasteiger partial charge in [0.05, 0.1) is 12.5 Å². The summed E-state index contributed by atoms with van der Waals surface area (Å²) in [7, 11) is 1.37. The molecule has 1 N–H and O–H groups in total. The molecule has 0 fully saturated rings. The van der Waals surface area contributed by atoms with E-state index in [0.717, 1.165) is 28.7 Å². The van der Waals surface area contributed by atoms with Gasteiger partial charge in [0.25, 0.3) is 0 Å². The van der Waals surface area contributed by atoms with Crippen molar-refractivity contribution in [3.05, 3.63) is 54.1 Å². The van der Waals surface area contributed by atoms with Crippen LogP contribution >= 0.6 is 0 Å². The number of aromatic amines is 1. The molecule has 0 saturated carbocycles. The van der Waals surface area contributed by atoms with Gasteiger partial charge in [-0.2, -0.15) is 5.21 Å². The van der Waals surface area contributed by atoms with Gasteiger partial charge in [-0.25, -0.2) is 0 Å². The van der Waals surface area contributed by atoms with E-state index in [2.05, 4.69) is 27.5 Å². The number of hydrogen-bond acceptors (Lipinski definition) is 6. The van der Waals surface area contributed by atoms with Crippen molar-refractivity contribution in [1.82, 2.24) is 25.5 Å². The summed E-state index contributed by atoms with van der Waals surface area (Å²) in [4.78, 5) is 26.7. The topological polar surface area (TPSA) is 101 Å². The molecule has 0 aliphatic carbocycles. The van der Waals surface area contributed by atoms with Gasteiger partial charge in [-0.05, 0) is 48.6 Å². The van der Waals surface area contributed by atoms with Crippen LogP contribution in [0.4, 0.5) is 0 Å². The quantitative estimate of drug-likeness (QED) is 0.464. The second kappa shape index (κ2) is 10.8. The summed E-state index contributed by atoms with van der Waals surface area (Å²) in [6, 6.07) is 16.1. The molecule has 0 unspecified atom stereocenters. The zero-order valence-corrected chi connectivity index (χ0v) is 19.7. The van der Waals surface area contributed by atoms with E-state index in [4.69, 9.17) is 4.74 Å². The second-order valence-electron chi connectivity index (χ2n) is 8.67. The number of benzene rings is 2. The van der Waals surface area contributed by atoms with E-state index in [0.29, 0.717) is 31.8 Å². The van der Waals surface area contributed by atoms with Crippen molar-refractivity contribution in [3.63, 3.8) is 0 Å². The van der Waals surface area contributed by atoms with Gasteiger partial charge < -0.3 is 9.64 Å². The first-order valence-corrected chi connectivity index (χ1v) is 11.1. The molecule has 2 aromatic carbocycles. The Bertz CT molecular complexity index is 1060. The minimum Gasteiger partial charge on any atom is -0.469 e. The van der Waals surface area contributed by atoms with Crippen molar-refractivity contribution in [2.45, 2.75) is 46.6 Å². The summed E-state index contributed by atoms with van der Waals surface area (Å²) < 4.78 is 4.85. The van der Waals surface area contributed by atoms with Crippen molar-refractivity contribution in [1.29, 1.82) is 0 Å². The van der Waals surface area contributed by atoms with Crippen LogP contribution in [0.5, 0.6) is 0 Å². The number of esters is 1. The molecular formula is C25H31N5O3. The molecule has 8 nitrogen and oxygen atoms in total. The van der Waals surface area contributed by atoms with E-state index in [1.165, 1.54) is 7.11 Å². The van der Waals surface area contributed by atoms with Gasteiger partial charge >= 0.3 is 5.97 Å². The van der Waals surface area contributed by atoms with Crippen LogP contribution in [0.1, 0.15) is 45.6 Å². The van der Waals surface area contributed by atoms with E-state index in [1.807, 2.05) is 53.4 Å². The number of nitrogens with zero attached hydrogens (tertiary/aromatic N) is 4. The molecule has 174 valence electrons. The number of aromatic nitrogens is 4. The van der Waals surface area contributed by atoms with Crippen LogP contribution in [0.15, 0.2) is 48.5 Å². The Morgan fingerprint density at radius 3 is 2.36 bits per heavy atom. The van der Waals surface area contributed by atoms with Crippen LogP contribution in [0.3, 0.4) is 0 Å². The Hall–Kier alpha value is -3.55. The number of ether oxygens (including phenoxy) is 1. The maximum Gasteiger partial charge on any atom is 0.311 e. The first-order valence-electron chi connectivity index (χ1n) is 11.1. The molecule has 3 rings (SSSR count). The average Bonchev–Trinajstić information content (AvgIpc) is 3.37. The second-order valence-corrected chi connectivity index (χ2v) is 8.67. The summed E-state index contributed by atoms with van der Waals surface area (Å²) in [5.41, 5.74) is 3.31. The summed E-state index contributed by atoms with van der Waals surface area (Å²) in [6.45, 7) is 6.86. The van der Waals surface area contributed by atoms with Gasteiger partial charge in [-0.1, -0.05) is 55.5 Å². The number of H-pyrrole nitrogens is 1. The van der Waals surface area contributed by atoms with Crippen molar-refractivity contribution in [3.8, 4) is 22.5 Å². The van der Waals surface area contributed by atoms with Gasteiger partial charge in [-0.15, -0.1) is 10.2 Å². The number of tetrazole rings is 1. The highest BCUT2D eigenvalue weighted by atomic mass is 16.5. The minimum atomic E-state index is -0.684. The summed E-state index contributed by atoms with van der Waals surface area (Å²) >= 11 is 0. The molecule has 33 heavy (non-hydrogen) atoms. The SMILES string of the molecule is CCCN(Cc1ccc(-c2ccccc2-c2nn[nH]n2)cc1)C(=O)CCC(C)(C)C(=O)OC. The largest absolute Gasteiger partial charge is 0.469 e. The average molecular weight is 450 g/mol. The molecule has 0 aliphatic rings. The fourth-order valence-corrected chi connectivity index (χ4v) is 3.73. The third kappa shape index (κ3) is 6.03. The Morgan fingerprint density at radius 1 is 1.06 bits per heavy atom. The predicted octanol–water partition coefficient (Wildman–Crippen LogP) is 4.25. The number of carbonyl (C=O) groups excluding carboxylic acids is 2. The standard InChI is InChI=1S/C25H31N5O3/c1-5-16-30(22(31)14-15-25(2,3)24(32)33-4)17-18-10-12-19(13-11-18)20-8-6-7-9-21(20)23-26-28-29-27-23/h6-13H,5,14-17H2,1-4H3,(H,26,27,28,29). The first-order chi connectivity index (χ1) is 15.9. The zero-order chi connectivity index (χ0) is 23.8. The molecule has 1 amide bonds. The molecule has 0 bridgehead atoms. The van der Waals surface area contributed by atoms with Crippen molar-refractivity contribution >= 4 is 11.9 Å². The molecule has 1 aromatic heterocycles. The van der Waals surface area contributed by atoms with Gasteiger partial charge in [0.1, 0.15) is 0 Å². The molecule has 0 radical (unpaired) electrons. The Kier molecular flexibility index (Phi) is 7.92. The van der Waals surface area contributed by atoms with E-state index in [9.17, 15) is 9.59 Å². The maximum atomic E-state index is 12.9. The van der Waals surface area contributed by atoms with Crippen LogP contribution in [-0.2, 0) is 20.9 Å². The van der Waals surface area contributed by atoms with Crippen molar-refractivity contribution in [2.75, 3.05) is 13.7 Å². The molecule has 3 aromatic rings. The molecule has 0 atom stereocenters. The fraction of sp³-hybridized carbons (Fsp3) is 0.400. The minimum absolute atomic E-state index is 0.0420. The van der Waals surface area contributed by atoms with Gasteiger partial charge in [0, 0.05) is 25.1 Å². The van der Waals surface area contributed by atoms with Crippen LogP contribution in [0, 0.1) is 5.41 Å². The van der Waals surface area contributed by atoms with Gasteiger partial charge in [-0.3, -0.25) is 9.59 Å². The molecule has 1 heterocycles. The molecule has 0 spiro atoms. The van der Waals surface area contributed by atoms with Crippen LogP contribution < -0.4 is 0 Å². The Morgan fingerprint density at radius 2 is 1.76 bits per heavy atom. The smallest absolute Gasteiger partial charge is 0.311 e. The Balaban J connectivity index is 1.71. The fourth-order valence-electron chi connectivity index (χ4n) is 3.73. The number of amides is 1. The normalized spacial score (nSPS) is 11.3. The maximum absolute atomic E-state index is 12.9. The van der Waals surface area contributed by atoms with E-state index in [-0.39, 0.29) is 11.9 Å². The molecule has 0 aliphatic heterocycles. The Labute approximate surface area is 194 Å². The van der Waals surface area contributed by atoms with Crippen molar-refractivity contribution < 1.29 is 14.3 Å². The highest BCUT2D eigenvalue weighted by molar-refractivity contribution is 5.81. The third-order valence-electron chi connectivity index (χ3n) is 5.70. The van der Waals surface area contributed by atoms with Crippen LogP contribution in [0.25, 0.3) is 22.5 Å². The summed E-state index contributed by atoms with van der Waals surface area (Å²) in [5, 5.41) is 14.4. The van der Waals surface area contributed by atoms with Crippen molar-refractivity contribution in [2.24, 2.45) is 5.41 Å². The number of methoxy groups -OCH3 is 1. The van der Waals surface area contributed by atoms with E-state index >= 15 is 0 Å². The first kappa shape index (κ1) is 24.1. The van der Waals surface area contributed by atoms with E-state index < -0.39 is 5.41 Å². The lowest BCUT2D eigenvalue weighted by molar-refractivity contribution is -0.151. The zero-order valence-electron chi connectivity index (χ0n) is 19.7. The molecule has 8 heteroatoms. The molecular weight excluding hydrogens is 418 g/mol. The lowest BCUT2D eigenvalue weighted by Crippen LogP contribution is -2.33. The lowest BCUT2D eigenvalue weighted by atomic mass is 9.87. The predicted molar refractivity (Wildman–Crippen MR) is 126 cm³/mol. The van der Waals surface area contributed by atoms with Gasteiger partial charge in [0.15, 0.2) is 0 Å². The van der Waals surface area contributed by atoms with Gasteiger partial charge in [0.2, 0.25) is 11.7 Å². The lowest BCUT2D eigenvalue weighted by Gasteiger charge is -2.25. The summed E-state index contributed by atoms with van der Waals surface area (Å²) in [5.74, 6) is 0.290. The number of nitrogens with one attached hydrogen (secondary N) is 1. The molecule has 0 saturated heterocycles.